The van der Waals surface area contributed by atoms with Crippen molar-refractivity contribution in [3.8, 4) is 0 Å². The number of benzene rings is 2. The summed E-state index contributed by atoms with van der Waals surface area (Å²) < 4.78 is 13.5. The summed E-state index contributed by atoms with van der Waals surface area (Å²) in [7, 11) is 0. The molecule has 2 heteroatoms. The highest BCUT2D eigenvalue weighted by Crippen LogP contribution is 2.17. The molecule has 0 aliphatic carbocycles. The predicted octanol–water partition coefficient (Wildman–Crippen LogP) is 4.57. The molecule has 0 radical (unpaired) electrons. The minimum Gasteiger partial charge on any atom is -0.382 e. The number of aryl methyl sites for hydroxylation is 1. The highest BCUT2D eigenvalue weighted by molar-refractivity contribution is 5.46. The SMILES string of the molecule is CCC(Cc1ccccc1)Nc1ccc(C)c(F)c1. The fraction of sp³-hybridized carbons (Fsp3) is 0.294. The molecule has 0 amide bonds. The van der Waals surface area contributed by atoms with Crippen molar-refractivity contribution < 1.29 is 4.39 Å². The third-order valence-electron chi connectivity index (χ3n) is 3.36. The maximum atomic E-state index is 13.5. The normalized spacial score (nSPS) is 12.2. The third kappa shape index (κ3) is 3.82. The monoisotopic (exact) mass is 257 g/mol. The van der Waals surface area contributed by atoms with Gasteiger partial charge < -0.3 is 5.32 Å². The topological polar surface area (TPSA) is 12.0 Å². The van der Waals surface area contributed by atoms with Gasteiger partial charge in [-0.05, 0) is 43.0 Å². The second-order valence-corrected chi connectivity index (χ2v) is 4.90. The first-order valence-electron chi connectivity index (χ1n) is 6.75. The van der Waals surface area contributed by atoms with E-state index in [-0.39, 0.29) is 5.82 Å². The molecule has 0 saturated heterocycles. The van der Waals surface area contributed by atoms with Gasteiger partial charge in [0.15, 0.2) is 0 Å². The van der Waals surface area contributed by atoms with Crippen LogP contribution in [0.1, 0.15) is 24.5 Å². The molecule has 2 aromatic rings. The van der Waals surface area contributed by atoms with Crippen LogP contribution in [0.15, 0.2) is 48.5 Å². The van der Waals surface area contributed by atoms with Gasteiger partial charge in [0, 0.05) is 11.7 Å². The van der Waals surface area contributed by atoms with Crippen LogP contribution in [0.25, 0.3) is 0 Å². The first-order valence-corrected chi connectivity index (χ1v) is 6.75. The number of hydrogen-bond acceptors (Lipinski definition) is 1. The van der Waals surface area contributed by atoms with Crippen LogP contribution in [0.3, 0.4) is 0 Å². The zero-order chi connectivity index (χ0) is 13.7. The zero-order valence-corrected chi connectivity index (χ0v) is 11.5. The molecule has 2 rings (SSSR count). The van der Waals surface area contributed by atoms with Gasteiger partial charge in [0.2, 0.25) is 0 Å². The molecule has 0 spiro atoms. The quantitative estimate of drug-likeness (QED) is 0.827. The van der Waals surface area contributed by atoms with E-state index in [1.54, 1.807) is 13.0 Å². The summed E-state index contributed by atoms with van der Waals surface area (Å²) in [6.45, 7) is 3.92. The second kappa shape index (κ2) is 6.37. The summed E-state index contributed by atoms with van der Waals surface area (Å²) in [5.41, 5.74) is 2.84. The maximum absolute atomic E-state index is 13.5. The van der Waals surface area contributed by atoms with Gasteiger partial charge in [0.1, 0.15) is 5.82 Å². The lowest BCUT2D eigenvalue weighted by molar-refractivity contribution is 0.617. The standard InChI is InChI=1S/C17H20FN/c1-3-15(11-14-7-5-4-6-8-14)19-16-10-9-13(2)17(18)12-16/h4-10,12,15,19H,3,11H2,1-2H3. The molecule has 1 unspecified atom stereocenters. The Morgan fingerprint density at radius 3 is 2.47 bits per heavy atom. The molecule has 2 aromatic carbocycles. The molecule has 0 aromatic heterocycles. The van der Waals surface area contributed by atoms with Gasteiger partial charge in [-0.2, -0.15) is 0 Å². The van der Waals surface area contributed by atoms with Gasteiger partial charge in [0.25, 0.3) is 0 Å². The van der Waals surface area contributed by atoms with Crippen LogP contribution in [0.5, 0.6) is 0 Å². The Morgan fingerprint density at radius 1 is 1.11 bits per heavy atom. The van der Waals surface area contributed by atoms with E-state index >= 15 is 0 Å². The van der Waals surface area contributed by atoms with Crippen LogP contribution >= 0.6 is 0 Å². The molecule has 0 fully saturated rings. The number of hydrogen-bond donors (Lipinski definition) is 1. The van der Waals surface area contributed by atoms with Crippen molar-refractivity contribution in [3.63, 3.8) is 0 Å². The first-order chi connectivity index (χ1) is 9.19. The summed E-state index contributed by atoms with van der Waals surface area (Å²) in [6, 6.07) is 16.0. The van der Waals surface area contributed by atoms with E-state index in [2.05, 4.69) is 24.4 Å². The molecule has 0 aliphatic heterocycles. The van der Waals surface area contributed by atoms with Crippen LogP contribution in [0.2, 0.25) is 0 Å². The fourth-order valence-electron chi connectivity index (χ4n) is 2.11. The average Bonchev–Trinajstić information content (AvgIpc) is 2.43. The van der Waals surface area contributed by atoms with Crippen molar-refractivity contribution in [3.05, 3.63) is 65.5 Å². The summed E-state index contributed by atoms with van der Waals surface area (Å²) >= 11 is 0. The minimum atomic E-state index is -0.153. The average molecular weight is 257 g/mol. The second-order valence-electron chi connectivity index (χ2n) is 4.90. The van der Waals surface area contributed by atoms with Gasteiger partial charge in [-0.25, -0.2) is 4.39 Å². The van der Waals surface area contributed by atoms with Crippen molar-refractivity contribution >= 4 is 5.69 Å². The van der Waals surface area contributed by atoms with Crippen molar-refractivity contribution in [2.24, 2.45) is 0 Å². The van der Waals surface area contributed by atoms with Crippen molar-refractivity contribution in [1.82, 2.24) is 0 Å². The number of rotatable bonds is 5. The fourth-order valence-corrected chi connectivity index (χ4v) is 2.11. The van der Waals surface area contributed by atoms with Gasteiger partial charge in [0.05, 0.1) is 0 Å². The molecular weight excluding hydrogens is 237 g/mol. The van der Waals surface area contributed by atoms with E-state index in [1.807, 2.05) is 30.3 Å². The van der Waals surface area contributed by atoms with E-state index in [0.717, 1.165) is 18.5 Å². The third-order valence-corrected chi connectivity index (χ3v) is 3.36. The molecule has 1 nitrogen and oxygen atoms in total. The molecule has 100 valence electrons. The lowest BCUT2D eigenvalue weighted by atomic mass is 10.0. The Bertz CT molecular complexity index is 522. The van der Waals surface area contributed by atoms with E-state index < -0.39 is 0 Å². The van der Waals surface area contributed by atoms with Crippen LogP contribution in [0, 0.1) is 12.7 Å². The summed E-state index contributed by atoms with van der Waals surface area (Å²) in [4.78, 5) is 0. The summed E-state index contributed by atoms with van der Waals surface area (Å²) in [5, 5.41) is 3.41. The highest BCUT2D eigenvalue weighted by Gasteiger charge is 2.08. The molecular formula is C17H20FN. The lowest BCUT2D eigenvalue weighted by Gasteiger charge is -2.18. The molecule has 0 saturated carbocycles. The van der Waals surface area contributed by atoms with Gasteiger partial charge >= 0.3 is 0 Å². The maximum Gasteiger partial charge on any atom is 0.128 e. The van der Waals surface area contributed by atoms with Crippen LogP contribution in [-0.4, -0.2) is 6.04 Å². The smallest absolute Gasteiger partial charge is 0.128 e. The largest absolute Gasteiger partial charge is 0.382 e. The van der Waals surface area contributed by atoms with Gasteiger partial charge in [-0.3, -0.25) is 0 Å². The Labute approximate surface area is 114 Å². The molecule has 19 heavy (non-hydrogen) atoms. The molecule has 0 aliphatic rings. The van der Waals surface area contributed by atoms with E-state index in [0.29, 0.717) is 11.6 Å². The van der Waals surface area contributed by atoms with Crippen LogP contribution in [0.4, 0.5) is 10.1 Å². The highest BCUT2D eigenvalue weighted by atomic mass is 19.1. The predicted molar refractivity (Wildman–Crippen MR) is 79.0 cm³/mol. The van der Waals surface area contributed by atoms with E-state index in [4.69, 9.17) is 0 Å². The Balaban J connectivity index is 2.04. The minimum absolute atomic E-state index is 0.153. The van der Waals surface area contributed by atoms with Crippen molar-refractivity contribution in [1.29, 1.82) is 0 Å². The summed E-state index contributed by atoms with van der Waals surface area (Å²) in [6.07, 6.45) is 1.96. The van der Waals surface area contributed by atoms with Gasteiger partial charge in [-0.1, -0.05) is 43.3 Å². The summed E-state index contributed by atoms with van der Waals surface area (Å²) in [5.74, 6) is -0.153. The molecule has 0 bridgehead atoms. The Morgan fingerprint density at radius 2 is 1.84 bits per heavy atom. The molecule has 0 heterocycles. The number of nitrogens with one attached hydrogen (secondary N) is 1. The van der Waals surface area contributed by atoms with Gasteiger partial charge in [-0.15, -0.1) is 0 Å². The number of anilines is 1. The van der Waals surface area contributed by atoms with Crippen LogP contribution in [-0.2, 0) is 6.42 Å². The zero-order valence-electron chi connectivity index (χ0n) is 11.5. The van der Waals surface area contributed by atoms with Crippen LogP contribution < -0.4 is 5.32 Å². The number of halogens is 1. The Hall–Kier alpha value is -1.83. The Kier molecular flexibility index (Phi) is 4.56. The van der Waals surface area contributed by atoms with E-state index in [1.165, 1.54) is 5.56 Å². The lowest BCUT2D eigenvalue weighted by Crippen LogP contribution is -2.21. The molecule has 1 N–H and O–H groups in total. The van der Waals surface area contributed by atoms with E-state index in [9.17, 15) is 4.39 Å². The molecule has 1 atom stereocenters. The van der Waals surface area contributed by atoms with Crippen molar-refractivity contribution in [2.75, 3.05) is 5.32 Å². The van der Waals surface area contributed by atoms with Crippen molar-refractivity contribution in [2.45, 2.75) is 32.7 Å². The first kappa shape index (κ1) is 13.6.